The van der Waals surface area contributed by atoms with Gasteiger partial charge in [0.15, 0.2) is 0 Å². The fraction of sp³-hybridized carbons (Fsp3) is 0.429. The molecule has 0 aliphatic heterocycles. The second kappa shape index (κ2) is 7.03. The van der Waals surface area contributed by atoms with Gasteiger partial charge < -0.3 is 5.73 Å². The molecule has 4 nitrogen and oxygen atoms in total. The van der Waals surface area contributed by atoms with E-state index in [9.17, 15) is 8.42 Å². The van der Waals surface area contributed by atoms with Crippen LogP contribution in [-0.2, 0) is 10.0 Å². The standard InChI is InChI=1S/C14H19ClN2O2S2.ClH/c1-14(2,8-16)9-17(3)21(18,19)13-7-10-6-11(15)4-5-12(10)20-13;/h4-7H,8-9,16H2,1-3H3;1H. The maximum atomic E-state index is 12.6. The Balaban J connectivity index is 0.00000242. The molecule has 0 spiro atoms. The van der Waals surface area contributed by atoms with Gasteiger partial charge in [0.25, 0.3) is 10.0 Å². The molecular weight excluding hydrogens is 363 g/mol. The highest BCUT2D eigenvalue weighted by atomic mass is 35.5. The van der Waals surface area contributed by atoms with Crippen molar-refractivity contribution < 1.29 is 8.42 Å². The van der Waals surface area contributed by atoms with Gasteiger partial charge in [-0.2, -0.15) is 4.31 Å². The summed E-state index contributed by atoms with van der Waals surface area (Å²) in [5.74, 6) is 0. The van der Waals surface area contributed by atoms with E-state index in [1.807, 2.05) is 19.9 Å². The molecule has 0 amide bonds. The van der Waals surface area contributed by atoms with Crippen LogP contribution in [0.1, 0.15) is 13.8 Å². The number of hydrogen-bond donors (Lipinski definition) is 1. The van der Waals surface area contributed by atoms with E-state index in [0.29, 0.717) is 22.3 Å². The Labute approximate surface area is 146 Å². The molecule has 22 heavy (non-hydrogen) atoms. The third kappa shape index (κ3) is 4.13. The fourth-order valence-corrected chi connectivity index (χ4v) is 5.15. The van der Waals surface area contributed by atoms with Crippen LogP contribution in [0.5, 0.6) is 0 Å². The summed E-state index contributed by atoms with van der Waals surface area (Å²) in [4.78, 5) is 0. The lowest BCUT2D eigenvalue weighted by molar-refractivity contribution is 0.292. The third-order valence-corrected chi connectivity index (χ3v) is 6.93. The van der Waals surface area contributed by atoms with E-state index in [0.717, 1.165) is 10.1 Å². The lowest BCUT2D eigenvalue weighted by Gasteiger charge is -2.28. The van der Waals surface area contributed by atoms with Crippen molar-refractivity contribution in [3.05, 3.63) is 29.3 Å². The van der Waals surface area contributed by atoms with Crippen molar-refractivity contribution in [3.63, 3.8) is 0 Å². The fourth-order valence-electron chi connectivity index (χ4n) is 2.02. The van der Waals surface area contributed by atoms with E-state index in [-0.39, 0.29) is 17.8 Å². The molecular formula is C14H20Cl2N2O2S2. The van der Waals surface area contributed by atoms with Crippen LogP contribution in [0.2, 0.25) is 5.02 Å². The van der Waals surface area contributed by atoms with Crippen LogP contribution in [-0.4, -0.2) is 32.9 Å². The van der Waals surface area contributed by atoms with Crippen molar-refractivity contribution in [3.8, 4) is 0 Å². The molecule has 0 saturated carbocycles. The Morgan fingerprint density at radius 3 is 2.55 bits per heavy atom. The van der Waals surface area contributed by atoms with Crippen molar-refractivity contribution in [2.75, 3.05) is 20.1 Å². The molecule has 1 heterocycles. The highest BCUT2D eigenvalue weighted by molar-refractivity contribution is 7.91. The summed E-state index contributed by atoms with van der Waals surface area (Å²) >= 11 is 7.20. The minimum absolute atomic E-state index is 0. The molecule has 1 aromatic heterocycles. The van der Waals surface area contributed by atoms with Crippen LogP contribution < -0.4 is 5.73 Å². The van der Waals surface area contributed by atoms with Gasteiger partial charge in [-0.25, -0.2) is 8.42 Å². The number of nitrogens with two attached hydrogens (primary N) is 1. The summed E-state index contributed by atoms with van der Waals surface area (Å²) in [7, 11) is -1.92. The van der Waals surface area contributed by atoms with Gasteiger partial charge in [-0.15, -0.1) is 23.7 Å². The molecule has 0 aliphatic carbocycles. The monoisotopic (exact) mass is 382 g/mol. The average molecular weight is 383 g/mol. The molecule has 0 saturated heterocycles. The van der Waals surface area contributed by atoms with Crippen LogP contribution in [0, 0.1) is 5.41 Å². The molecule has 0 bridgehead atoms. The van der Waals surface area contributed by atoms with Crippen molar-refractivity contribution in [1.82, 2.24) is 4.31 Å². The second-order valence-electron chi connectivity index (χ2n) is 5.88. The highest BCUT2D eigenvalue weighted by Gasteiger charge is 2.28. The van der Waals surface area contributed by atoms with Gasteiger partial charge in [0, 0.05) is 23.3 Å². The van der Waals surface area contributed by atoms with Gasteiger partial charge in [0.05, 0.1) is 0 Å². The lowest BCUT2D eigenvalue weighted by Crippen LogP contribution is -2.39. The molecule has 0 unspecified atom stereocenters. The first-order valence-corrected chi connectivity index (χ1v) is 9.15. The third-order valence-electron chi connectivity index (χ3n) is 3.32. The molecule has 2 rings (SSSR count). The first kappa shape index (κ1) is 19.7. The Bertz CT molecular complexity index is 757. The van der Waals surface area contributed by atoms with Crippen LogP contribution in [0.25, 0.3) is 10.1 Å². The normalized spacial score (nSPS) is 12.6. The number of hydrogen-bond acceptors (Lipinski definition) is 4. The van der Waals surface area contributed by atoms with Gasteiger partial charge in [0.2, 0.25) is 0 Å². The van der Waals surface area contributed by atoms with Crippen LogP contribution in [0.15, 0.2) is 28.5 Å². The molecule has 0 fully saturated rings. The van der Waals surface area contributed by atoms with Gasteiger partial charge in [0.1, 0.15) is 4.21 Å². The maximum Gasteiger partial charge on any atom is 0.252 e. The Hall–Kier alpha value is -0.370. The number of thiophene rings is 1. The average Bonchev–Trinajstić information content (AvgIpc) is 2.81. The van der Waals surface area contributed by atoms with Crippen molar-refractivity contribution in [1.29, 1.82) is 0 Å². The lowest BCUT2D eigenvalue weighted by atomic mass is 9.94. The largest absolute Gasteiger partial charge is 0.330 e. The van der Waals surface area contributed by atoms with E-state index in [1.54, 1.807) is 25.2 Å². The quantitative estimate of drug-likeness (QED) is 0.858. The summed E-state index contributed by atoms with van der Waals surface area (Å²) in [6, 6.07) is 7.05. The summed E-state index contributed by atoms with van der Waals surface area (Å²) in [5, 5.41) is 1.44. The Kier molecular flexibility index (Phi) is 6.29. The molecule has 2 aromatic rings. The van der Waals surface area contributed by atoms with Crippen LogP contribution in [0.4, 0.5) is 0 Å². The highest BCUT2D eigenvalue weighted by Crippen LogP contribution is 2.32. The Morgan fingerprint density at radius 1 is 1.32 bits per heavy atom. The summed E-state index contributed by atoms with van der Waals surface area (Å²) < 4.78 is 27.9. The summed E-state index contributed by atoms with van der Waals surface area (Å²) in [6.45, 7) is 4.70. The predicted molar refractivity (Wildman–Crippen MR) is 96.7 cm³/mol. The number of rotatable bonds is 5. The van der Waals surface area contributed by atoms with Crippen molar-refractivity contribution in [2.24, 2.45) is 11.1 Å². The zero-order chi connectivity index (χ0) is 15.8. The number of benzene rings is 1. The van der Waals surface area contributed by atoms with E-state index in [1.165, 1.54) is 15.6 Å². The van der Waals surface area contributed by atoms with Crippen LogP contribution in [0.3, 0.4) is 0 Å². The first-order chi connectivity index (χ1) is 9.65. The molecule has 124 valence electrons. The van der Waals surface area contributed by atoms with Crippen molar-refractivity contribution in [2.45, 2.75) is 18.1 Å². The van der Waals surface area contributed by atoms with E-state index in [4.69, 9.17) is 17.3 Å². The smallest absolute Gasteiger partial charge is 0.252 e. The number of halogens is 2. The number of fused-ring (bicyclic) bond motifs is 1. The zero-order valence-electron chi connectivity index (χ0n) is 12.7. The topological polar surface area (TPSA) is 63.4 Å². The van der Waals surface area contributed by atoms with Gasteiger partial charge in [-0.05, 0) is 41.6 Å². The first-order valence-electron chi connectivity index (χ1n) is 6.51. The van der Waals surface area contributed by atoms with E-state index < -0.39 is 10.0 Å². The minimum atomic E-state index is -3.50. The SMILES string of the molecule is CN(CC(C)(C)CN)S(=O)(=O)c1cc2cc(Cl)ccc2s1.Cl. The van der Waals surface area contributed by atoms with Crippen molar-refractivity contribution >= 4 is 55.5 Å². The van der Waals surface area contributed by atoms with E-state index in [2.05, 4.69) is 0 Å². The van der Waals surface area contributed by atoms with Gasteiger partial charge >= 0.3 is 0 Å². The number of sulfonamides is 1. The summed E-state index contributed by atoms with van der Waals surface area (Å²) in [6.07, 6.45) is 0. The Morgan fingerprint density at radius 2 is 1.95 bits per heavy atom. The predicted octanol–water partition coefficient (Wildman–Crippen LogP) is 3.58. The maximum absolute atomic E-state index is 12.6. The zero-order valence-corrected chi connectivity index (χ0v) is 15.9. The van der Waals surface area contributed by atoms with Gasteiger partial charge in [-0.3, -0.25) is 0 Å². The summed E-state index contributed by atoms with van der Waals surface area (Å²) in [5.41, 5.74) is 5.42. The molecule has 0 aliphatic rings. The second-order valence-corrected chi connectivity index (χ2v) is 9.67. The van der Waals surface area contributed by atoms with Crippen LogP contribution >= 0.6 is 35.3 Å². The van der Waals surface area contributed by atoms with Gasteiger partial charge in [-0.1, -0.05) is 25.4 Å². The molecule has 8 heteroatoms. The molecule has 1 aromatic carbocycles. The molecule has 2 N–H and O–H groups in total. The molecule has 0 atom stereocenters. The minimum Gasteiger partial charge on any atom is -0.330 e. The molecule has 0 radical (unpaired) electrons. The number of nitrogens with zero attached hydrogens (tertiary/aromatic N) is 1. The van der Waals surface area contributed by atoms with E-state index >= 15 is 0 Å².